The molecule has 0 radical (unpaired) electrons. The Labute approximate surface area is 322 Å². The van der Waals surface area contributed by atoms with E-state index in [0.29, 0.717) is 12.0 Å². The highest BCUT2D eigenvalue weighted by Crippen LogP contribution is 2.49. The lowest BCUT2D eigenvalue weighted by Gasteiger charge is -2.21. The smallest absolute Gasteiger partial charge is 0.143 e. The molecule has 0 unspecified atom stereocenters. The van der Waals surface area contributed by atoms with Gasteiger partial charge in [-0.05, 0) is 102 Å². The Morgan fingerprint density at radius 2 is 0.964 bits per heavy atom. The zero-order valence-corrected chi connectivity index (χ0v) is 30.2. The molecule has 0 saturated heterocycles. The second kappa shape index (κ2) is 12.8. The summed E-state index contributed by atoms with van der Waals surface area (Å²) >= 11 is 0. The lowest BCUT2D eigenvalue weighted by atomic mass is 9.82. The molecular weight excluding hydrogens is 691 g/mol. The summed E-state index contributed by atoms with van der Waals surface area (Å²) in [6.07, 6.45) is 8.64. The third kappa shape index (κ3) is 4.84. The van der Waals surface area contributed by atoms with E-state index in [1.165, 1.54) is 56.4 Å². The molecule has 1 aliphatic carbocycles. The number of benzene rings is 9. The van der Waals surface area contributed by atoms with Gasteiger partial charge in [0.25, 0.3) is 0 Å². The van der Waals surface area contributed by atoms with Crippen LogP contribution in [0.1, 0.15) is 11.1 Å². The molecule has 3 heteroatoms. The van der Waals surface area contributed by atoms with Gasteiger partial charge in [0.05, 0.1) is 5.56 Å². The molecule has 264 valence electrons. The summed E-state index contributed by atoms with van der Waals surface area (Å²) in [5.41, 5.74) is 10.6. The van der Waals surface area contributed by atoms with Crippen LogP contribution in [-0.4, -0.2) is 0 Å². The monoisotopic (exact) mass is 722 g/mol. The maximum absolute atomic E-state index is 15.6. The number of para-hydroxylation sites is 1. The van der Waals surface area contributed by atoms with Crippen LogP contribution < -0.4 is 0 Å². The van der Waals surface area contributed by atoms with Gasteiger partial charge in [-0.2, -0.15) is 0 Å². The van der Waals surface area contributed by atoms with Crippen molar-refractivity contribution in [3.05, 3.63) is 199 Å². The van der Waals surface area contributed by atoms with Crippen LogP contribution in [0.5, 0.6) is 0 Å². The molecule has 0 atom stereocenters. The molecule has 0 amide bonds. The number of allylic oxidation sites excluding steroid dienone is 3. The molecule has 56 heavy (non-hydrogen) atoms. The molecule has 0 saturated carbocycles. The topological polar surface area (TPSA) is 13.1 Å². The molecule has 1 aliphatic rings. The highest BCUT2D eigenvalue weighted by Gasteiger charge is 2.26. The minimum atomic E-state index is -0.576. The summed E-state index contributed by atoms with van der Waals surface area (Å²) < 4.78 is 38.1. The number of hydrogen-bond acceptors (Lipinski definition) is 1. The van der Waals surface area contributed by atoms with Gasteiger partial charge in [0.1, 0.15) is 22.8 Å². The molecule has 10 aromatic rings. The van der Waals surface area contributed by atoms with Crippen LogP contribution in [0.2, 0.25) is 0 Å². The van der Waals surface area contributed by atoms with E-state index in [9.17, 15) is 0 Å². The van der Waals surface area contributed by atoms with E-state index in [-0.39, 0.29) is 5.56 Å². The molecule has 0 fully saturated rings. The Morgan fingerprint density at radius 1 is 0.411 bits per heavy atom. The van der Waals surface area contributed by atoms with Crippen molar-refractivity contribution in [3.8, 4) is 44.5 Å². The summed E-state index contributed by atoms with van der Waals surface area (Å²) in [6.45, 7) is 0. The number of halogens is 2. The average molecular weight is 723 g/mol. The maximum Gasteiger partial charge on any atom is 0.143 e. The fraction of sp³-hybridized carbons (Fsp3) is 0.0189. The van der Waals surface area contributed by atoms with Crippen molar-refractivity contribution >= 4 is 60.3 Å². The first-order valence-corrected chi connectivity index (χ1v) is 19.0. The van der Waals surface area contributed by atoms with Gasteiger partial charge in [-0.3, -0.25) is 0 Å². The largest absolute Gasteiger partial charge is 0.455 e. The van der Waals surface area contributed by atoms with Gasteiger partial charge < -0.3 is 4.42 Å². The van der Waals surface area contributed by atoms with Crippen LogP contribution in [0.25, 0.3) is 105 Å². The van der Waals surface area contributed by atoms with Crippen LogP contribution in [0, 0.1) is 11.6 Å². The highest BCUT2D eigenvalue weighted by atomic mass is 19.1. The Morgan fingerprint density at radius 3 is 1.62 bits per heavy atom. The predicted molar refractivity (Wildman–Crippen MR) is 230 cm³/mol. The fourth-order valence-electron chi connectivity index (χ4n) is 9.14. The Hall–Kier alpha value is -7.10. The van der Waals surface area contributed by atoms with Gasteiger partial charge in [0.2, 0.25) is 0 Å². The first kappa shape index (κ1) is 32.3. The van der Waals surface area contributed by atoms with Gasteiger partial charge in [-0.15, -0.1) is 0 Å². The van der Waals surface area contributed by atoms with E-state index in [4.69, 9.17) is 4.42 Å². The third-order valence-corrected chi connectivity index (χ3v) is 11.5. The van der Waals surface area contributed by atoms with Crippen molar-refractivity contribution in [2.75, 3.05) is 0 Å². The zero-order chi connectivity index (χ0) is 37.3. The lowest BCUT2D eigenvalue weighted by molar-refractivity contribution is 0.589. The molecule has 0 aliphatic heterocycles. The van der Waals surface area contributed by atoms with Gasteiger partial charge in [0, 0.05) is 21.9 Å². The predicted octanol–water partition coefficient (Wildman–Crippen LogP) is 15.1. The minimum absolute atomic E-state index is 0.00141. The number of hydrogen-bond donors (Lipinski definition) is 0. The van der Waals surface area contributed by atoms with E-state index >= 15 is 8.78 Å². The van der Waals surface area contributed by atoms with Crippen molar-refractivity contribution in [2.45, 2.75) is 6.42 Å². The van der Waals surface area contributed by atoms with Crippen LogP contribution in [0.15, 0.2) is 180 Å². The maximum atomic E-state index is 15.6. The van der Waals surface area contributed by atoms with E-state index in [2.05, 4.69) is 121 Å². The van der Waals surface area contributed by atoms with Gasteiger partial charge in [0.15, 0.2) is 0 Å². The second-order valence-electron chi connectivity index (χ2n) is 14.5. The van der Waals surface area contributed by atoms with E-state index in [1.807, 2.05) is 42.5 Å². The zero-order valence-electron chi connectivity index (χ0n) is 30.2. The van der Waals surface area contributed by atoms with Crippen molar-refractivity contribution < 1.29 is 13.2 Å². The van der Waals surface area contributed by atoms with Gasteiger partial charge in [-0.1, -0.05) is 158 Å². The molecule has 0 N–H and O–H groups in total. The van der Waals surface area contributed by atoms with E-state index in [1.54, 1.807) is 0 Å². The van der Waals surface area contributed by atoms with Crippen molar-refractivity contribution in [1.82, 2.24) is 0 Å². The normalized spacial score (nSPS) is 12.6. The third-order valence-electron chi connectivity index (χ3n) is 11.5. The molecule has 11 rings (SSSR count). The van der Waals surface area contributed by atoms with Crippen LogP contribution in [0.3, 0.4) is 0 Å². The van der Waals surface area contributed by atoms with Crippen LogP contribution in [-0.2, 0) is 6.42 Å². The number of fused-ring (bicyclic) bond motifs is 7. The molecule has 1 aromatic heterocycles. The van der Waals surface area contributed by atoms with Crippen LogP contribution >= 0.6 is 0 Å². The standard InChI is InChI=1S/C53H32F2O/c54-45-27-14-28-46(55)52(45)51-40-18-6-2-5-17-38(40)50(39-23-11-12-24-41(39)51)43-26-13-25-42-44-31-33(29-30-47(44)56-53(42)43)49-36-21-9-7-19-34(36)48(32-15-3-1-4-16-32)35-20-8-10-22-37(35)49/h1-17,19-31H,18H2. The average Bonchev–Trinajstić information content (AvgIpc) is 3.44. The minimum Gasteiger partial charge on any atom is -0.455 e. The van der Waals surface area contributed by atoms with Crippen molar-refractivity contribution in [2.24, 2.45) is 0 Å². The SMILES string of the molecule is Fc1cccc(F)c1-c1c2c(c(-c3cccc4c3oc3ccc(-c5c6ccccc6c(-c6ccccc6)c6ccccc56)cc34)c3ccccc13)C=CC=CC2. The molecule has 0 spiro atoms. The second-order valence-corrected chi connectivity index (χ2v) is 14.5. The Kier molecular flexibility index (Phi) is 7.36. The molecule has 1 nitrogen and oxygen atoms in total. The highest BCUT2D eigenvalue weighted by molar-refractivity contribution is 6.23. The summed E-state index contributed by atoms with van der Waals surface area (Å²) in [6, 6.07) is 53.0. The number of rotatable bonds is 4. The summed E-state index contributed by atoms with van der Waals surface area (Å²) in [4.78, 5) is 0. The van der Waals surface area contributed by atoms with Crippen molar-refractivity contribution in [3.63, 3.8) is 0 Å². The molecular formula is C53H32F2O. The number of furan rings is 1. The first-order chi connectivity index (χ1) is 27.7. The molecule has 1 heterocycles. The van der Waals surface area contributed by atoms with E-state index in [0.717, 1.165) is 60.5 Å². The van der Waals surface area contributed by atoms with E-state index < -0.39 is 11.6 Å². The molecule has 0 bridgehead atoms. The van der Waals surface area contributed by atoms with Crippen molar-refractivity contribution in [1.29, 1.82) is 0 Å². The summed E-state index contributed by atoms with van der Waals surface area (Å²) in [7, 11) is 0. The first-order valence-electron chi connectivity index (χ1n) is 19.0. The quantitative estimate of drug-likeness (QED) is 0.165. The Balaban J connectivity index is 1.18. The van der Waals surface area contributed by atoms with Crippen LogP contribution in [0.4, 0.5) is 8.78 Å². The summed E-state index contributed by atoms with van der Waals surface area (Å²) in [5.74, 6) is -1.15. The fourth-order valence-corrected chi connectivity index (χ4v) is 9.14. The van der Waals surface area contributed by atoms with Gasteiger partial charge >= 0.3 is 0 Å². The van der Waals surface area contributed by atoms with Gasteiger partial charge in [-0.25, -0.2) is 8.78 Å². The lowest BCUT2D eigenvalue weighted by Crippen LogP contribution is -2.01. The summed E-state index contributed by atoms with van der Waals surface area (Å²) in [5, 5.41) is 8.53. The molecule has 9 aromatic carbocycles. The Bertz CT molecular complexity index is 3220.